The standard InChI is InChI=1S/C20H23FN2O5S/c1-4-13(2)23-29(26,27)18-10-8-15(9-11-18)20(25)28-14(3)19(24)22-17-7-5-6-16(21)12-17/h5-14,23H,4H2,1-3H3,(H,22,24)/t13-,14+/m1/s1. The van der Waals surface area contributed by atoms with E-state index in [1.807, 2.05) is 6.92 Å². The van der Waals surface area contributed by atoms with Crippen LogP contribution < -0.4 is 10.0 Å². The van der Waals surface area contributed by atoms with Gasteiger partial charge in [-0.05, 0) is 62.7 Å². The van der Waals surface area contributed by atoms with Gasteiger partial charge >= 0.3 is 5.97 Å². The van der Waals surface area contributed by atoms with Crippen molar-refractivity contribution >= 4 is 27.6 Å². The molecular formula is C20H23FN2O5S. The number of sulfonamides is 1. The number of benzene rings is 2. The molecule has 0 aromatic heterocycles. The molecular weight excluding hydrogens is 399 g/mol. The molecule has 2 atom stereocenters. The van der Waals surface area contributed by atoms with Crippen LogP contribution in [0.3, 0.4) is 0 Å². The zero-order valence-electron chi connectivity index (χ0n) is 16.3. The van der Waals surface area contributed by atoms with Crippen molar-refractivity contribution in [2.45, 2.75) is 44.2 Å². The predicted molar refractivity (Wildman–Crippen MR) is 106 cm³/mol. The highest BCUT2D eigenvalue weighted by atomic mass is 32.2. The van der Waals surface area contributed by atoms with Gasteiger partial charge in [-0.2, -0.15) is 0 Å². The molecule has 0 aliphatic heterocycles. The van der Waals surface area contributed by atoms with Gasteiger partial charge in [-0.15, -0.1) is 0 Å². The third kappa shape index (κ3) is 6.37. The number of nitrogens with one attached hydrogen (secondary N) is 2. The summed E-state index contributed by atoms with van der Waals surface area (Å²) in [7, 11) is -3.69. The maximum atomic E-state index is 13.2. The molecule has 2 rings (SSSR count). The van der Waals surface area contributed by atoms with Crippen molar-refractivity contribution < 1.29 is 27.1 Å². The molecule has 0 heterocycles. The summed E-state index contributed by atoms with van der Waals surface area (Å²) in [6, 6.07) is 10.3. The summed E-state index contributed by atoms with van der Waals surface area (Å²) in [4.78, 5) is 24.4. The fourth-order valence-corrected chi connectivity index (χ4v) is 3.61. The molecule has 0 aliphatic carbocycles. The van der Waals surface area contributed by atoms with E-state index < -0.39 is 33.8 Å². The third-order valence-electron chi connectivity index (χ3n) is 4.11. The van der Waals surface area contributed by atoms with Crippen LogP contribution >= 0.6 is 0 Å². The molecule has 0 bridgehead atoms. The van der Waals surface area contributed by atoms with Gasteiger partial charge in [0.25, 0.3) is 5.91 Å². The first-order valence-corrected chi connectivity index (χ1v) is 10.5. The summed E-state index contributed by atoms with van der Waals surface area (Å²) in [6.07, 6.45) is -0.500. The Bertz CT molecular complexity index is 977. The van der Waals surface area contributed by atoms with Crippen LogP contribution in [-0.4, -0.2) is 32.4 Å². The van der Waals surface area contributed by atoms with Crippen molar-refractivity contribution in [1.82, 2.24) is 4.72 Å². The van der Waals surface area contributed by atoms with Gasteiger partial charge in [-0.25, -0.2) is 22.3 Å². The van der Waals surface area contributed by atoms with E-state index in [2.05, 4.69) is 10.0 Å². The molecule has 156 valence electrons. The topological polar surface area (TPSA) is 102 Å². The van der Waals surface area contributed by atoms with Gasteiger partial charge in [0.1, 0.15) is 5.82 Å². The predicted octanol–water partition coefficient (Wildman–Crippen LogP) is 3.09. The van der Waals surface area contributed by atoms with Crippen molar-refractivity contribution in [3.8, 4) is 0 Å². The highest BCUT2D eigenvalue weighted by molar-refractivity contribution is 7.89. The van der Waals surface area contributed by atoms with Crippen molar-refractivity contribution in [1.29, 1.82) is 0 Å². The van der Waals surface area contributed by atoms with Gasteiger partial charge in [-0.1, -0.05) is 13.0 Å². The SMILES string of the molecule is CC[C@@H](C)NS(=O)(=O)c1ccc(C(=O)O[C@@H](C)C(=O)Nc2cccc(F)c2)cc1. The molecule has 0 spiro atoms. The molecule has 29 heavy (non-hydrogen) atoms. The van der Waals surface area contributed by atoms with E-state index in [4.69, 9.17) is 4.74 Å². The number of carbonyl (C=O) groups excluding carboxylic acids is 2. The van der Waals surface area contributed by atoms with Crippen LogP contribution in [0, 0.1) is 5.82 Å². The van der Waals surface area contributed by atoms with Crippen LogP contribution in [-0.2, 0) is 19.6 Å². The first-order valence-electron chi connectivity index (χ1n) is 9.02. The second-order valence-corrected chi connectivity index (χ2v) is 8.22. The number of halogens is 1. The molecule has 0 saturated carbocycles. The fourth-order valence-electron chi connectivity index (χ4n) is 2.28. The number of rotatable bonds is 8. The Morgan fingerprint density at radius 1 is 1.10 bits per heavy atom. The summed E-state index contributed by atoms with van der Waals surface area (Å²) in [5.74, 6) is -1.92. The first-order chi connectivity index (χ1) is 13.6. The van der Waals surface area contributed by atoms with Gasteiger partial charge in [0.15, 0.2) is 6.10 Å². The Hall–Kier alpha value is -2.78. The van der Waals surface area contributed by atoms with Crippen LogP contribution in [0.2, 0.25) is 0 Å². The number of carbonyl (C=O) groups is 2. The Balaban J connectivity index is 2.00. The second kappa shape index (κ2) is 9.62. The van der Waals surface area contributed by atoms with E-state index >= 15 is 0 Å². The maximum Gasteiger partial charge on any atom is 0.338 e. The van der Waals surface area contributed by atoms with Crippen LogP contribution in [0.5, 0.6) is 0 Å². The van der Waals surface area contributed by atoms with Crippen molar-refractivity contribution in [3.63, 3.8) is 0 Å². The summed E-state index contributed by atoms with van der Waals surface area (Å²) in [5.41, 5.74) is 0.333. The number of hydrogen-bond donors (Lipinski definition) is 2. The summed E-state index contributed by atoms with van der Waals surface area (Å²) in [6.45, 7) is 4.98. The number of hydrogen-bond acceptors (Lipinski definition) is 5. The first kappa shape index (κ1) is 22.5. The van der Waals surface area contributed by atoms with Crippen molar-refractivity contribution in [2.24, 2.45) is 0 Å². The van der Waals surface area contributed by atoms with Crippen LogP contribution in [0.15, 0.2) is 53.4 Å². The van der Waals surface area contributed by atoms with E-state index in [-0.39, 0.29) is 22.2 Å². The summed E-state index contributed by atoms with van der Waals surface area (Å²) in [5, 5.41) is 2.45. The lowest BCUT2D eigenvalue weighted by molar-refractivity contribution is -0.123. The zero-order valence-corrected chi connectivity index (χ0v) is 17.1. The summed E-state index contributed by atoms with van der Waals surface area (Å²) >= 11 is 0. The molecule has 0 radical (unpaired) electrons. The quantitative estimate of drug-likeness (QED) is 0.637. The van der Waals surface area contributed by atoms with Crippen molar-refractivity contribution in [3.05, 3.63) is 59.9 Å². The smallest absolute Gasteiger partial charge is 0.338 e. The highest BCUT2D eigenvalue weighted by Crippen LogP contribution is 2.14. The number of ether oxygens (including phenoxy) is 1. The van der Waals surface area contributed by atoms with Gasteiger partial charge < -0.3 is 10.1 Å². The lowest BCUT2D eigenvalue weighted by atomic mass is 10.2. The van der Waals surface area contributed by atoms with E-state index in [1.165, 1.54) is 49.4 Å². The lowest BCUT2D eigenvalue weighted by Gasteiger charge is -2.14. The fraction of sp³-hybridized carbons (Fsp3) is 0.300. The molecule has 0 fully saturated rings. The highest BCUT2D eigenvalue weighted by Gasteiger charge is 2.21. The van der Waals surface area contributed by atoms with Crippen molar-refractivity contribution in [2.75, 3.05) is 5.32 Å². The van der Waals surface area contributed by atoms with E-state index in [9.17, 15) is 22.4 Å². The molecule has 2 N–H and O–H groups in total. The molecule has 9 heteroatoms. The second-order valence-electron chi connectivity index (χ2n) is 6.50. The lowest BCUT2D eigenvalue weighted by Crippen LogP contribution is -2.32. The number of anilines is 1. The van der Waals surface area contributed by atoms with Crippen LogP contribution in [0.4, 0.5) is 10.1 Å². The minimum Gasteiger partial charge on any atom is -0.449 e. The van der Waals surface area contributed by atoms with Gasteiger partial charge in [0, 0.05) is 11.7 Å². The molecule has 7 nitrogen and oxygen atoms in total. The van der Waals surface area contributed by atoms with Crippen LogP contribution in [0.1, 0.15) is 37.6 Å². The third-order valence-corrected chi connectivity index (χ3v) is 5.72. The average Bonchev–Trinajstić information content (AvgIpc) is 2.67. The normalized spacial score (nSPS) is 13.4. The number of esters is 1. The Labute approximate surface area is 169 Å². The molecule has 1 amide bonds. The molecule has 0 aliphatic rings. The minimum absolute atomic E-state index is 0.0197. The Morgan fingerprint density at radius 2 is 1.76 bits per heavy atom. The van der Waals surface area contributed by atoms with Gasteiger partial charge in [-0.3, -0.25) is 4.79 Å². The zero-order chi connectivity index (χ0) is 21.6. The largest absolute Gasteiger partial charge is 0.449 e. The summed E-state index contributed by atoms with van der Waals surface area (Å²) < 4.78 is 45.3. The van der Waals surface area contributed by atoms with Crippen LogP contribution in [0.25, 0.3) is 0 Å². The average molecular weight is 422 g/mol. The molecule has 0 saturated heterocycles. The Morgan fingerprint density at radius 3 is 2.34 bits per heavy atom. The molecule has 2 aromatic carbocycles. The molecule has 0 unspecified atom stereocenters. The molecule has 2 aromatic rings. The van der Waals surface area contributed by atoms with Gasteiger partial charge in [0.2, 0.25) is 10.0 Å². The maximum absolute atomic E-state index is 13.2. The van der Waals surface area contributed by atoms with E-state index in [0.717, 1.165) is 6.07 Å². The minimum atomic E-state index is -3.69. The van der Waals surface area contributed by atoms with Gasteiger partial charge in [0.05, 0.1) is 10.5 Å². The Kier molecular flexibility index (Phi) is 7.46. The van der Waals surface area contributed by atoms with E-state index in [0.29, 0.717) is 6.42 Å². The van der Waals surface area contributed by atoms with E-state index in [1.54, 1.807) is 6.92 Å². The number of amides is 1. The monoisotopic (exact) mass is 422 g/mol.